The Balaban J connectivity index is 0.000000125. The Bertz CT molecular complexity index is 3300. The minimum Gasteiger partial charge on any atom is -0.356 e. The van der Waals surface area contributed by atoms with E-state index in [1.54, 1.807) is 0 Å². The van der Waals surface area contributed by atoms with E-state index in [4.69, 9.17) is 14.9 Å². The fourth-order valence-corrected chi connectivity index (χ4v) is 10.4. The molecule has 1 saturated heterocycles. The maximum absolute atomic E-state index is 12.3. The van der Waals surface area contributed by atoms with Crippen LogP contribution in [0, 0.1) is 0 Å². The Labute approximate surface area is 408 Å². The van der Waals surface area contributed by atoms with Gasteiger partial charge in [-0.1, -0.05) is 221 Å². The number of fused-ring (bicyclic) bond motifs is 11. The van der Waals surface area contributed by atoms with Crippen molar-refractivity contribution in [1.29, 1.82) is 0 Å². The third-order valence-corrected chi connectivity index (χ3v) is 14.2. The van der Waals surface area contributed by atoms with Crippen LogP contribution >= 0.6 is 15.9 Å². The Kier molecular flexibility index (Phi) is 12.0. The van der Waals surface area contributed by atoms with Crippen molar-refractivity contribution in [3.05, 3.63) is 224 Å². The molecule has 2 aromatic heterocycles. The van der Waals surface area contributed by atoms with Gasteiger partial charge in [-0.15, -0.1) is 0 Å². The minimum atomic E-state index is -0.480. The Morgan fingerprint density at radius 1 is 0.559 bits per heavy atom. The third kappa shape index (κ3) is 8.16. The van der Waals surface area contributed by atoms with Gasteiger partial charge in [0.05, 0.1) is 22.8 Å². The molecule has 0 saturated carbocycles. The Hall–Kier alpha value is -6.67. The van der Waals surface area contributed by atoms with Crippen molar-refractivity contribution < 1.29 is 4.74 Å². The zero-order chi connectivity index (χ0) is 47.2. The second-order valence-electron chi connectivity index (χ2n) is 20.1. The molecule has 7 heteroatoms. The van der Waals surface area contributed by atoms with Crippen molar-refractivity contribution in [1.82, 2.24) is 19.6 Å². The highest BCUT2D eigenvalue weighted by atomic mass is 79.9. The lowest BCUT2D eigenvalue weighted by Gasteiger charge is -2.35. The summed E-state index contributed by atoms with van der Waals surface area (Å²) in [6.07, 6.45) is 7.92. The van der Waals surface area contributed by atoms with Gasteiger partial charge >= 0.3 is 0 Å². The van der Waals surface area contributed by atoms with E-state index in [9.17, 15) is 4.79 Å². The van der Waals surface area contributed by atoms with Gasteiger partial charge in [-0.2, -0.15) is 10.2 Å². The number of hydrogen-bond donors (Lipinski definition) is 0. The standard InChI is InChI=1S/C28H24N2.C18H23BrN2O.C15H10O/c1-27(2,3)26-18-25-21-12-6-9-15-24(21)28(30(25)29-26)22-13-7-4-10-19(22)16-17-20-11-5-8-14-23(20)28;1-18(2,3)16-12-15(13-8-4-5-9-14(13)19)21(20-16)17-10-6-7-11-22-17;16-15-13-7-3-1-5-11(13)9-10-12-6-2-4-8-14(12)15/h4-18H,1-3H3;4-5,8-9,12,17H,6-7,10-11H2,1-3H3;1-10H. The SMILES string of the molecule is CC(C)(C)c1cc(-c2ccccc2Br)n(C2CCCCO2)n1.CC(C)(C)c1cc2n(n1)C1(c3ccccc3C=Cc3ccccc31)c1ccccc1-2.O=c1c2ccccc2ccc2ccccc12. The fraction of sp³-hybridized carbons (Fsp3) is 0.230. The van der Waals surface area contributed by atoms with Crippen molar-refractivity contribution in [2.75, 3.05) is 6.61 Å². The lowest BCUT2D eigenvalue weighted by molar-refractivity contribution is -0.0387. The molecule has 12 rings (SSSR count). The normalized spacial score (nSPS) is 15.5. The molecule has 3 aliphatic rings. The first-order chi connectivity index (χ1) is 32.8. The number of halogens is 1. The second-order valence-corrected chi connectivity index (χ2v) is 20.9. The van der Waals surface area contributed by atoms with E-state index in [0.717, 1.165) is 62.5 Å². The molecule has 7 aromatic carbocycles. The summed E-state index contributed by atoms with van der Waals surface area (Å²) in [7, 11) is 0. The first-order valence-electron chi connectivity index (χ1n) is 23.8. The van der Waals surface area contributed by atoms with Crippen LogP contribution < -0.4 is 5.43 Å². The number of ether oxygens (including phenoxy) is 1. The molecule has 6 nitrogen and oxygen atoms in total. The molecule has 0 bridgehead atoms. The van der Waals surface area contributed by atoms with Gasteiger partial charge in [0, 0.05) is 43.8 Å². The molecule has 1 atom stereocenters. The van der Waals surface area contributed by atoms with Crippen LogP contribution in [0.1, 0.15) is 106 Å². The lowest BCUT2D eigenvalue weighted by Crippen LogP contribution is -2.37. The monoisotopic (exact) mass is 956 g/mol. The van der Waals surface area contributed by atoms with Gasteiger partial charge in [-0.25, -0.2) is 9.36 Å². The van der Waals surface area contributed by atoms with E-state index in [0.29, 0.717) is 0 Å². The molecule has 1 aliphatic carbocycles. The van der Waals surface area contributed by atoms with Crippen molar-refractivity contribution >= 4 is 49.6 Å². The van der Waals surface area contributed by atoms with Crippen LogP contribution in [0.25, 0.3) is 56.2 Å². The first kappa shape index (κ1) is 45.1. The van der Waals surface area contributed by atoms with Crippen LogP contribution in [0.4, 0.5) is 0 Å². The molecule has 68 heavy (non-hydrogen) atoms. The number of aromatic nitrogens is 4. The van der Waals surface area contributed by atoms with E-state index in [1.807, 2.05) is 66.7 Å². The fourth-order valence-electron chi connectivity index (χ4n) is 9.91. The second kappa shape index (κ2) is 18.1. The molecular formula is C61H57BrN4O2. The predicted octanol–water partition coefficient (Wildman–Crippen LogP) is 15.1. The highest BCUT2D eigenvalue weighted by molar-refractivity contribution is 9.10. The van der Waals surface area contributed by atoms with Crippen LogP contribution in [0.2, 0.25) is 0 Å². The number of nitrogens with zero attached hydrogens (tertiary/aromatic N) is 4. The van der Waals surface area contributed by atoms with Crippen LogP contribution in [0.5, 0.6) is 0 Å². The molecule has 9 aromatic rings. The molecule has 4 heterocycles. The Morgan fingerprint density at radius 3 is 1.63 bits per heavy atom. The number of benzene rings is 6. The number of rotatable bonds is 2. The summed E-state index contributed by atoms with van der Waals surface area (Å²) in [5.74, 6) is 0. The molecule has 340 valence electrons. The first-order valence-corrected chi connectivity index (χ1v) is 24.6. The van der Waals surface area contributed by atoms with E-state index in [-0.39, 0.29) is 22.5 Å². The largest absolute Gasteiger partial charge is 0.356 e. The maximum Gasteiger partial charge on any atom is 0.194 e. The molecule has 1 unspecified atom stereocenters. The summed E-state index contributed by atoms with van der Waals surface area (Å²) < 4.78 is 11.4. The van der Waals surface area contributed by atoms with E-state index in [1.165, 1.54) is 51.1 Å². The van der Waals surface area contributed by atoms with Crippen molar-refractivity contribution in [3.8, 4) is 22.5 Å². The summed E-state index contributed by atoms with van der Waals surface area (Å²) in [6, 6.07) is 58.5. The van der Waals surface area contributed by atoms with E-state index < -0.39 is 5.54 Å². The molecule has 0 amide bonds. The highest BCUT2D eigenvalue weighted by Crippen LogP contribution is 2.54. The van der Waals surface area contributed by atoms with E-state index in [2.05, 4.69) is 182 Å². The van der Waals surface area contributed by atoms with Gasteiger partial charge in [0.1, 0.15) is 5.54 Å². The zero-order valence-electron chi connectivity index (χ0n) is 39.7. The van der Waals surface area contributed by atoms with Crippen molar-refractivity contribution in [2.24, 2.45) is 0 Å². The third-order valence-electron chi connectivity index (χ3n) is 13.5. The molecule has 1 spiro atoms. The van der Waals surface area contributed by atoms with E-state index >= 15 is 0 Å². The zero-order valence-corrected chi connectivity index (χ0v) is 41.3. The van der Waals surface area contributed by atoms with Crippen LogP contribution in [0.15, 0.2) is 179 Å². The van der Waals surface area contributed by atoms with Crippen molar-refractivity contribution in [2.45, 2.75) is 83.4 Å². The quantitative estimate of drug-likeness (QED) is 0.173. The maximum atomic E-state index is 12.3. The smallest absolute Gasteiger partial charge is 0.194 e. The number of hydrogen-bond acceptors (Lipinski definition) is 4. The highest BCUT2D eigenvalue weighted by Gasteiger charge is 2.50. The minimum absolute atomic E-state index is 0.0184. The summed E-state index contributed by atoms with van der Waals surface area (Å²) in [4.78, 5) is 12.3. The van der Waals surface area contributed by atoms with Gasteiger partial charge in [0.2, 0.25) is 0 Å². The van der Waals surface area contributed by atoms with Gasteiger partial charge < -0.3 is 4.74 Å². The predicted molar refractivity (Wildman–Crippen MR) is 284 cm³/mol. The average molecular weight is 958 g/mol. The topological polar surface area (TPSA) is 61.9 Å². The molecule has 1 fully saturated rings. The molecule has 2 aliphatic heterocycles. The summed E-state index contributed by atoms with van der Waals surface area (Å²) in [5.41, 5.74) is 13.0. The van der Waals surface area contributed by atoms with Crippen LogP contribution in [-0.4, -0.2) is 26.2 Å². The van der Waals surface area contributed by atoms with Crippen molar-refractivity contribution in [3.63, 3.8) is 0 Å². The van der Waals surface area contributed by atoms with Gasteiger partial charge in [0.15, 0.2) is 11.7 Å². The van der Waals surface area contributed by atoms with Gasteiger partial charge in [-0.05, 0) is 76.1 Å². The molecule has 0 radical (unpaired) electrons. The molecule has 0 N–H and O–H groups in total. The molecular weight excluding hydrogens is 901 g/mol. The Morgan fingerprint density at radius 2 is 1.06 bits per heavy atom. The summed E-state index contributed by atoms with van der Waals surface area (Å²) >= 11 is 3.67. The van der Waals surface area contributed by atoms with Crippen LogP contribution in [0.3, 0.4) is 0 Å². The summed E-state index contributed by atoms with van der Waals surface area (Å²) in [6.45, 7) is 14.1. The summed E-state index contributed by atoms with van der Waals surface area (Å²) in [5, 5.41) is 13.7. The van der Waals surface area contributed by atoms with Crippen LogP contribution in [-0.2, 0) is 21.1 Å². The van der Waals surface area contributed by atoms with Gasteiger partial charge in [0.25, 0.3) is 0 Å². The van der Waals surface area contributed by atoms with Gasteiger partial charge in [-0.3, -0.25) is 4.79 Å². The average Bonchev–Trinajstić information content (AvgIpc) is 4.03. The lowest BCUT2D eigenvalue weighted by atomic mass is 9.75.